The van der Waals surface area contributed by atoms with Crippen molar-refractivity contribution in [2.24, 2.45) is 0 Å². The summed E-state index contributed by atoms with van der Waals surface area (Å²) in [6, 6.07) is 0. The van der Waals surface area contributed by atoms with Gasteiger partial charge in [0.2, 0.25) is 5.60 Å². The normalized spacial score (nSPS) is 31.7. The molecule has 0 aromatic rings. The van der Waals surface area contributed by atoms with Gasteiger partial charge in [-0.15, -0.1) is 0 Å². The molecule has 0 aromatic carbocycles. The molecular formula is C22H40O8Si2. The second kappa shape index (κ2) is 8.02. The summed E-state index contributed by atoms with van der Waals surface area (Å²) in [5.74, 6) is -2.04. The Morgan fingerprint density at radius 2 is 1.50 bits per heavy atom. The Morgan fingerprint density at radius 3 is 1.94 bits per heavy atom. The average molecular weight is 489 g/mol. The molecule has 1 saturated heterocycles. The van der Waals surface area contributed by atoms with Gasteiger partial charge in [-0.05, 0) is 42.3 Å². The van der Waals surface area contributed by atoms with Crippen LogP contribution >= 0.6 is 0 Å². The van der Waals surface area contributed by atoms with E-state index in [1.54, 1.807) is 0 Å². The molecule has 4 atom stereocenters. The van der Waals surface area contributed by atoms with Crippen molar-refractivity contribution in [2.45, 2.75) is 101 Å². The van der Waals surface area contributed by atoms with Crippen molar-refractivity contribution < 1.29 is 38.1 Å². The third-order valence-electron chi connectivity index (χ3n) is 7.71. The van der Waals surface area contributed by atoms with Crippen LogP contribution in [-0.4, -0.2) is 75.9 Å². The van der Waals surface area contributed by atoms with Crippen molar-refractivity contribution in [1.29, 1.82) is 0 Å². The van der Waals surface area contributed by atoms with Crippen LogP contribution in [0.3, 0.4) is 0 Å². The zero-order valence-electron chi connectivity index (χ0n) is 21.3. The number of esters is 2. The molecule has 1 heterocycles. The van der Waals surface area contributed by atoms with Gasteiger partial charge in [0.25, 0.3) is 0 Å². The average Bonchev–Trinajstić information content (AvgIpc) is 2.86. The standard InChI is InChI=1S/C22H40O8Si2/c1-19(2,3)31(8,9)29-15-12-14(17(23)27-7)22(26)18(24)28-13-21(22,25)16(15)30-32(10,11)20(4,5)6/h12,15-16,25-26H,13H2,1-11H3/t15-,16-,21+,22+/m0/s1. The fourth-order valence-electron chi connectivity index (χ4n) is 3.43. The predicted molar refractivity (Wildman–Crippen MR) is 125 cm³/mol. The third-order valence-corrected chi connectivity index (χ3v) is 16.6. The molecule has 1 fully saturated rings. The molecule has 0 bridgehead atoms. The van der Waals surface area contributed by atoms with Gasteiger partial charge in [0, 0.05) is 0 Å². The SMILES string of the molecule is COC(=O)C1=C[C@H](O[Si](C)(C)C(C)(C)C)[C@H](O[Si](C)(C)C(C)(C)C)[C@]2(O)COC(=O)[C@]12O. The van der Waals surface area contributed by atoms with Crippen molar-refractivity contribution >= 4 is 28.6 Å². The van der Waals surface area contributed by atoms with E-state index in [0.29, 0.717) is 0 Å². The number of carbonyl (C=O) groups is 2. The zero-order chi connectivity index (χ0) is 25.1. The van der Waals surface area contributed by atoms with Crippen LogP contribution in [0, 0.1) is 0 Å². The highest BCUT2D eigenvalue weighted by Crippen LogP contribution is 2.50. The van der Waals surface area contributed by atoms with E-state index in [0.717, 1.165) is 7.11 Å². The maximum absolute atomic E-state index is 12.7. The minimum absolute atomic E-state index is 0.174. The summed E-state index contributed by atoms with van der Waals surface area (Å²) < 4.78 is 23.2. The van der Waals surface area contributed by atoms with Crippen LogP contribution in [0.1, 0.15) is 41.5 Å². The van der Waals surface area contributed by atoms with E-state index in [-0.39, 0.29) is 15.6 Å². The number of aliphatic hydroxyl groups is 2. The maximum atomic E-state index is 12.7. The minimum atomic E-state index is -2.61. The topological polar surface area (TPSA) is 112 Å². The van der Waals surface area contributed by atoms with Crippen molar-refractivity contribution in [3.63, 3.8) is 0 Å². The summed E-state index contributed by atoms with van der Waals surface area (Å²) in [4.78, 5) is 25.3. The molecule has 2 rings (SSSR count). The summed E-state index contributed by atoms with van der Waals surface area (Å²) >= 11 is 0. The lowest BCUT2D eigenvalue weighted by molar-refractivity contribution is -0.190. The molecular weight excluding hydrogens is 448 g/mol. The summed E-state index contributed by atoms with van der Waals surface area (Å²) in [6.45, 7) is 20.0. The number of hydrogen-bond acceptors (Lipinski definition) is 8. The summed E-state index contributed by atoms with van der Waals surface area (Å²) in [6.07, 6.45) is -0.633. The van der Waals surface area contributed by atoms with E-state index in [1.165, 1.54) is 6.08 Å². The second-order valence-corrected chi connectivity index (χ2v) is 21.4. The Hall–Kier alpha value is -1.05. The van der Waals surface area contributed by atoms with Gasteiger partial charge in [-0.2, -0.15) is 0 Å². The number of methoxy groups -OCH3 is 1. The zero-order valence-corrected chi connectivity index (χ0v) is 23.3. The van der Waals surface area contributed by atoms with Crippen molar-refractivity contribution in [3.8, 4) is 0 Å². The molecule has 2 aliphatic rings. The van der Waals surface area contributed by atoms with Gasteiger partial charge < -0.3 is 28.5 Å². The fraction of sp³-hybridized carbons (Fsp3) is 0.818. The van der Waals surface area contributed by atoms with Gasteiger partial charge >= 0.3 is 11.9 Å². The Labute approximate surface area is 193 Å². The van der Waals surface area contributed by atoms with Gasteiger partial charge in [-0.3, -0.25) is 0 Å². The summed E-state index contributed by atoms with van der Waals surface area (Å²) in [5, 5.41) is 22.8. The molecule has 10 heteroatoms. The Balaban J connectivity index is 2.74. The molecule has 0 radical (unpaired) electrons. The van der Waals surface area contributed by atoms with Crippen molar-refractivity contribution in [2.75, 3.05) is 13.7 Å². The fourth-order valence-corrected chi connectivity index (χ4v) is 5.98. The number of rotatable bonds is 5. The van der Waals surface area contributed by atoms with Crippen LogP contribution in [0.4, 0.5) is 0 Å². The lowest BCUT2D eigenvalue weighted by atomic mass is 9.70. The molecule has 32 heavy (non-hydrogen) atoms. The van der Waals surface area contributed by atoms with Crippen molar-refractivity contribution in [3.05, 3.63) is 11.6 Å². The molecule has 1 aliphatic carbocycles. The Kier molecular flexibility index (Phi) is 6.82. The quantitative estimate of drug-likeness (QED) is 0.449. The molecule has 8 nitrogen and oxygen atoms in total. The van der Waals surface area contributed by atoms with E-state index in [4.69, 9.17) is 18.3 Å². The first-order valence-corrected chi connectivity index (χ1v) is 16.8. The van der Waals surface area contributed by atoms with E-state index < -0.39 is 58.6 Å². The Morgan fingerprint density at radius 1 is 1.03 bits per heavy atom. The van der Waals surface area contributed by atoms with E-state index in [9.17, 15) is 19.8 Å². The Bertz CT molecular complexity index is 808. The number of carbonyl (C=O) groups excluding carboxylic acids is 2. The molecule has 184 valence electrons. The molecule has 2 N–H and O–H groups in total. The molecule has 1 aliphatic heterocycles. The van der Waals surface area contributed by atoms with Gasteiger partial charge in [0.1, 0.15) is 12.7 Å². The largest absolute Gasteiger partial charge is 0.466 e. The van der Waals surface area contributed by atoms with Gasteiger partial charge in [-0.1, -0.05) is 41.5 Å². The van der Waals surface area contributed by atoms with Crippen LogP contribution in [0.5, 0.6) is 0 Å². The second-order valence-electron chi connectivity index (χ2n) is 11.9. The van der Waals surface area contributed by atoms with Crippen LogP contribution in [0.15, 0.2) is 11.6 Å². The third kappa shape index (κ3) is 4.14. The molecule has 0 saturated carbocycles. The van der Waals surface area contributed by atoms with Gasteiger partial charge in [0.15, 0.2) is 22.2 Å². The van der Waals surface area contributed by atoms with Gasteiger partial charge in [0.05, 0.1) is 18.8 Å². The molecule has 0 amide bonds. The lowest BCUT2D eigenvalue weighted by Crippen LogP contribution is -2.72. The van der Waals surface area contributed by atoms with Crippen LogP contribution < -0.4 is 0 Å². The summed E-state index contributed by atoms with van der Waals surface area (Å²) in [5.41, 5.74) is -5.21. The monoisotopic (exact) mass is 488 g/mol. The van der Waals surface area contributed by atoms with Crippen molar-refractivity contribution in [1.82, 2.24) is 0 Å². The number of hydrogen-bond donors (Lipinski definition) is 2. The maximum Gasteiger partial charge on any atom is 0.346 e. The van der Waals surface area contributed by atoms with Gasteiger partial charge in [-0.25, -0.2) is 9.59 Å². The number of ether oxygens (including phenoxy) is 2. The van der Waals surface area contributed by atoms with E-state index in [1.807, 2.05) is 47.0 Å². The van der Waals surface area contributed by atoms with Crippen LogP contribution in [0.2, 0.25) is 36.3 Å². The first-order valence-electron chi connectivity index (χ1n) is 10.9. The molecule has 0 spiro atoms. The first-order chi connectivity index (χ1) is 14.2. The first kappa shape index (κ1) is 27.2. The van der Waals surface area contributed by atoms with Crippen LogP contribution in [-0.2, 0) is 27.9 Å². The minimum Gasteiger partial charge on any atom is -0.466 e. The smallest absolute Gasteiger partial charge is 0.346 e. The highest BCUT2D eigenvalue weighted by molar-refractivity contribution is 6.74. The van der Waals surface area contributed by atoms with E-state index >= 15 is 0 Å². The predicted octanol–water partition coefficient (Wildman–Crippen LogP) is 2.90. The lowest BCUT2D eigenvalue weighted by Gasteiger charge is -2.52. The molecule has 0 aromatic heterocycles. The highest BCUT2D eigenvalue weighted by Gasteiger charge is 2.73. The molecule has 0 unspecified atom stereocenters. The van der Waals surface area contributed by atoms with E-state index in [2.05, 4.69) is 20.8 Å². The number of fused-ring (bicyclic) bond motifs is 1. The number of cyclic esters (lactones) is 1. The summed E-state index contributed by atoms with van der Waals surface area (Å²) in [7, 11) is -3.80. The van der Waals surface area contributed by atoms with Crippen LogP contribution in [0.25, 0.3) is 0 Å². The highest BCUT2D eigenvalue weighted by atomic mass is 28.4.